The lowest BCUT2D eigenvalue weighted by atomic mass is 10.2. The normalized spacial score (nSPS) is 10.5. The molecule has 0 spiro atoms. The van der Waals surface area contributed by atoms with Crippen molar-refractivity contribution < 1.29 is 0 Å². The van der Waals surface area contributed by atoms with Crippen molar-refractivity contribution in [3.8, 4) is 0 Å². The second-order valence-corrected chi connectivity index (χ2v) is 5.61. The lowest BCUT2D eigenvalue weighted by Crippen LogP contribution is -2.21. The Morgan fingerprint density at radius 1 is 1.18 bits per heavy atom. The molecule has 2 N–H and O–H groups in total. The SMILES string of the molecule is CCN(Cc1ccc(Cl)s1)c1ccc(N)cc1. The van der Waals surface area contributed by atoms with Gasteiger partial charge in [-0.15, -0.1) is 11.3 Å². The molecule has 90 valence electrons. The Morgan fingerprint density at radius 2 is 1.88 bits per heavy atom. The fourth-order valence-corrected chi connectivity index (χ4v) is 2.80. The Hall–Kier alpha value is -1.19. The van der Waals surface area contributed by atoms with E-state index in [0.29, 0.717) is 0 Å². The lowest BCUT2D eigenvalue weighted by Gasteiger charge is -2.22. The Balaban J connectivity index is 2.13. The Labute approximate surface area is 111 Å². The predicted octanol–water partition coefficient (Wildman–Crippen LogP) is 4.01. The summed E-state index contributed by atoms with van der Waals surface area (Å²) in [5.41, 5.74) is 7.67. The first-order valence-corrected chi connectivity index (χ1v) is 6.73. The highest BCUT2D eigenvalue weighted by Crippen LogP contribution is 2.25. The summed E-state index contributed by atoms with van der Waals surface area (Å²) in [5.74, 6) is 0. The quantitative estimate of drug-likeness (QED) is 0.848. The van der Waals surface area contributed by atoms with E-state index < -0.39 is 0 Å². The van der Waals surface area contributed by atoms with Crippen LogP contribution in [-0.2, 0) is 6.54 Å². The lowest BCUT2D eigenvalue weighted by molar-refractivity contribution is 0.843. The molecule has 1 heterocycles. The molecule has 0 radical (unpaired) electrons. The summed E-state index contributed by atoms with van der Waals surface area (Å²) in [5, 5.41) is 0. The second-order valence-electron chi connectivity index (χ2n) is 3.81. The van der Waals surface area contributed by atoms with Crippen molar-refractivity contribution in [2.24, 2.45) is 0 Å². The van der Waals surface area contributed by atoms with Crippen LogP contribution in [0.25, 0.3) is 0 Å². The molecule has 1 aromatic heterocycles. The number of nitrogen functional groups attached to an aromatic ring is 1. The molecule has 0 fully saturated rings. The minimum absolute atomic E-state index is 0.795. The smallest absolute Gasteiger partial charge is 0.0931 e. The highest BCUT2D eigenvalue weighted by Gasteiger charge is 2.06. The van der Waals surface area contributed by atoms with E-state index in [9.17, 15) is 0 Å². The number of nitrogens with zero attached hydrogens (tertiary/aromatic N) is 1. The van der Waals surface area contributed by atoms with Crippen LogP contribution in [0.5, 0.6) is 0 Å². The van der Waals surface area contributed by atoms with Gasteiger partial charge < -0.3 is 10.6 Å². The van der Waals surface area contributed by atoms with E-state index in [-0.39, 0.29) is 0 Å². The molecule has 0 aliphatic carbocycles. The summed E-state index contributed by atoms with van der Waals surface area (Å²) in [6.07, 6.45) is 0. The van der Waals surface area contributed by atoms with Crippen molar-refractivity contribution >= 4 is 34.3 Å². The van der Waals surface area contributed by atoms with Gasteiger partial charge in [0.2, 0.25) is 0 Å². The van der Waals surface area contributed by atoms with Crippen molar-refractivity contribution in [1.82, 2.24) is 0 Å². The van der Waals surface area contributed by atoms with Crippen LogP contribution in [0.15, 0.2) is 36.4 Å². The molecule has 2 aromatic rings. The van der Waals surface area contributed by atoms with Gasteiger partial charge in [0.15, 0.2) is 0 Å². The fraction of sp³-hybridized carbons (Fsp3) is 0.231. The van der Waals surface area contributed by atoms with E-state index in [1.807, 2.05) is 30.3 Å². The van der Waals surface area contributed by atoms with Crippen molar-refractivity contribution in [3.63, 3.8) is 0 Å². The monoisotopic (exact) mass is 266 g/mol. The van der Waals surface area contributed by atoms with Gasteiger partial charge in [0.1, 0.15) is 0 Å². The van der Waals surface area contributed by atoms with E-state index in [0.717, 1.165) is 23.1 Å². The number of hydrogen-bond acceptors (Lipinski definition) is 3. The molecule has 0 amide bonds. The molecule has 4 heteroatoms. The van der Waals surface area contributed by atoms with Crippen LogP contribution in [0.2, 0.25) is 4.34 Å². The standard InChI is InChI=1S/C13H15ClN2S/c1-2-16(9-12-7-8-13(14)17-12)11-5-3-10(15)4-6-11/h3-8H,2,9,15H2,1H3. The Morgan fingerprint density at radius 3 is 2.41 bits per heavy atom. The van der Waals surface area contributed by atoms with Gasteiger partial charge in [-0.05, 0) is 43.3 Å². The summed E-state index contributed by atoms with van der Waals surface area (Å²) < 4.78 is 0.841. The second kappa shape index (κ2) is 5.43. The number of nitrogens with two attached hydrogens (primary N) is 1. The number of benzene rings is 1. The van der Waals surface area contributed by atoms with E-state index in [2.05, 4.69) is 17.9 Å². The summed E-state index contributed by atoms with van der Waals surface area (Å²) in [7, 11) is 0. The average molecular weight is 267 g/mol. The maximum atomic E-state index is 5.94. The van der Waals surface area contributed by atoms with Crippen LogP contribution in [0, 0.1) is 0 Å². The fourth-order valence-electron chi connectivity index (χ4n) is 1.70. The highest BCUT2D eigenvalue weighted by molar-refractivity contribution is 7.16. The van der Waals surface area contributed by atoms with E-state index in [1.54, 1.807) is 11.3 Å². The van der Waals surface area contributed by atoms with Crippen molar-refractivity contribution in [3.05, 3.63) is 45.6 Å². The molecular formula is C13H15ClN2S. The molecule has 17 heavy (non-hydrogen) atoms. The summed E-state index contributed by atoms with van der Waals surface area (Å²) in [4.78, 5) is 3.57. The zero-order valence-corrected chi connectivity index (χ0v) is 11.3. The van der Waals surface area contributed by atoms with Gasteiger partial charge in [0, 0.05) is 22.8 Å². The predicted molar refractivity (Wildman–Crippen MR) is 76.9 cm³/mol. The molecule has 2 rings (SSSR count). The molecule has 0 unspecified atom stereocenters. The van der Waals surface area contributed by atoms with Crippen molar-refractivity contribution in [2.75, 3.05) is 17.2 Å². The summed E-state index contributed by atoms with van der Waals surface area (Å²) in [6.45, 7) is 3.99. The van der Waals surface area contributed by atoms with Gasteiger partial charge in [-0.2, -0.15) is 0 Å². The molecule has 1 aromatic carbocycles. The third kappa shape index (κ3) is 3.14. The van der Waals surface area contributed by atoms with Gasteiger partial charge in [-0.3, -0.25) is 0 Å². The minimum Gasteiger partial charge on any atom is -0.399 e. The minimum atomic E-state index is 0.795. The zero-order valence-electron chi connectivity index (χ0n) is 9.69. The van der Waals surface area contributed by atoms with Crippen LogP contribution >= 0.6 is 22.9 Å². The third-order valence-corrected chi connectivity index (χ3v) is 3.83. The first kappa shape index (κ1) is 12.3. The first-order valence-electron chi connectivity index (χ1n) is 5.53. The molecule has 0 aliphatic heterocycles. The van der Waals surface area contributed by atoms with Crippen molar-refractivity contribution in [2.45, 2.75) is 13.5 Å². The maximum absolute atomic E-state index is 5.94. The molecule has 0 atom stereocenters. The molecular weight excluding hydrogens is 252 g/mol. The van der Waals surface area contributed by atoms with Gasteiger partial charge in [-0.1, -0.05) is 11.6 Å². The molecule has 0 bridgehead atoms. The van der Waals surface area contributed by atoms with Crippen LogP contribution in [0.1, 0.15) is 11.8 Å². The summed E-state index contributed by atoms with van der Waals surface area (Å²) >= 11 is 7.57. The number of halogens is 1. The topological polar surface area (TPSA) is 29.3 Å². The van der Waals surface area contributed by atoms with E-state index in [1.165, 1.54) is 10.6 Å². The van der Waals surface area contributed by atoms with Gasteiger partial charge in [0.05, 0.1) is 10.9 Å². The number of anilines is 2. The highest BCUT2D eigenvalue weighted by atomic mass is 35.5. The maximum Gasteiger partial charge on any atom is 0.0931 e. The molecule has 0 aliphatic rings. The van der Waals surface area contributed by atoms with Crippen LogP contribution in [0.3, 0.4) is 0 Å². The van der Waals surface area contributed by atoms with E-state index in [4.69, 9.17) is 17.3 Å². The van der Waals surface area contributed by atoms with E-state index >= 15 is 0 Å². The summed E-state index contributed by atoms with van der Waals surface area (Å²) in [6, 6.07) is 12.0. The van der Waals surface area contributed by atoms with Crippen LogP contribution in [0.4, 0.5) is 11.4 Å². The molecule has 0 saturated carbocycles. The van der Waals surface area contributed by atoms with Crippen molar-refractivity contribution in [1.29, 1.82) is 0 Å². The number of rotatable bonds is 4. The number of thiophene rings is 1. The third-order valence-electron chi connectivity index (χ3n) is 2.62. The molecule has 2 nitrogen and oxygen atoms in total. The largest absolute Gasteiger partial charge is 0.399 e. The van der Waals surface area contributed by atoms with Gasteiger partial charge in [-0.25, -0.2) is 0 Å². The Kier molecular flexibility index (Phi) is 3.92. The first-order chi connectivity index (χ1) is 8.19. The zero-order chi connectivity index (χ0) is 12.3. The average Bonchev–Trinajstić information content (AvgIpc) is 2.73. The van der Waals surface area contributed by atoms with Gasteiger partial charge in [0.25, 0.3) is 0 Å². The number of hydrogen-bond donors (Lipinski definition) is 1. The van der Waals surface area contributed by atoms with Crippen LogP contribution < -0.4 is 10.6 Å². The molecule has 0 saturated heterocycles. The van der Waals surface area contributed by atoms with Gasteiger partial charge >= 0.3 is 0 Å². The Bertz CT molecular complexity index is 478. The van der Waals surface area contributed by atoms with Crippen LogP contribution in [-0.4, -0.2) is 6.54 Å².